The largest absolute Gasteiger partial charge is 0.366 e. The summed E-state index contributed by atoms with van der Waals surface area (Å²) in [6, 6.07) is 0. The number of aliphatic hydroxyl groups is 1. The normalized spacial score (nSPS) is 23.5. The van der Waals surface area contributed by atoms with E-state index < -0.39 is 6.29 Å². The number of aliphatic hydroxyl groups excluding tert-OH is 1. The van der Waals surface area contributed by atoms with E-state index in [9.17, 15) is 5.11 Å². The van der Waals surface area contributed by atoms with Crippen LogP contribution in [-0.4, -0.2) is 39.8 Å². The van der Waals surface area contributed by atoms with Crippen LogP contribution in [-0.2, 0) is 4.74 Å². The first-order valence-corrected chi connectivity index (χ1v) is 4.91. The Bertz CT molecular complexity index is 295. The summed E-state index contributed by atoms with van der Waals surface area (Å²) in [5, 5.41) is 9.61. The molecule has 0 aliphatic carbocycles. The number of anilines is 1. The fourth-order valence-corrected chi connectivity index (χ4v) is 1.96. The highest BCUT2D eigenvalue weighted by Crippen LogP contribution is 2.23. The molecule has 1 aromatic heterocycles. The van der Waals surface area contributed by atoms with Crippen LogP contribution in [0, 0.1) is 0 Å². The topological polar surface area (TPSA) is 58.5 Å². The first-order chi connectivity index (χ1) is 6.27. The number of morpholine rings is 1. The highest BCUT2D eigenvalue weighted by atomic mass is 35.5. The average molecular weight is 222 g/mol. The number of hydrogen-bond acceptors (Lipinski definition) is 6. The van der Waals surface area contributed by atoms with E-state index in [-0.39, 0.29) is 0 Å². The minimum Gasteiger partial charge on any atom is -0.366 e. The zero-order valence-electron chi connectivity index (χ0n) is 6.68. The van der Waals surface area contributed by atoms with Crippen molar-refractivity contribution in [3.63, 3.8) is 0 Å². The molecule has 5 nitrogen and oxygen atoms in total. The van der Waals surface area contributed by atoms with Gasteiger partial charge in [0.05, 0.1) is 24.9 Å². The van der Waals surface area contributed by atoms with Gasteiger partial charge in [-0.1, -0.05) is 11.6 Å². The molecular weight excluding hydrogens is 214 g/mol. The minimum atomic E-state index is -0.758. The summed E-state index contributed by atoms with van der Waals surface area (Å²) >= 11 is 6.86. The Labute approximate surface area is 84.2 Å². The molecule has 1 atom stereocenters. The van der Waals surface area contributed by atoms with E-state index in [1.54, 1.807) is 0 Å². The van der Waals surface area contributed by atoms with Crippen molar-refractivity contribution in [2.45, 2.75) is 6.29 Å². The SMILES string of the molecule is OC1CN(c2nsnc2Cl)CCO1. The molecule has 1 aliphatic heterocycles. The van der Waals surface area contributed by atoms with Crippen molar-refractivity contribution in [2.75, 3.05) is 24.6 Å². The second-order valence-electron chi connectivity index (χ2n) is 2.65. The first kappa shape index (κ1) is 9.14. The molecule has 0 radical (unpaired) electrons. The van der Waals surface area contributed by atoms with Gasteiger partial charge in [-0.3, -0.25) is 0 Å². The van der Waals surface area contributed by atoms with Crippen molar-refractivity contribution in [3.05, 3.63) is 5.15 Å². The number of hydrogen-bond donors (Lipinski definition) is 1. The number of halogens is 1. The molecule has 2 rings (SSSR count). The van der Waals surface area contributed by atoms with Crippen LogP contribution >= 0.6 is 23.3 Å². The quantitative estimate of drug-likeness (QED) is 0.742. The first-order valence-electron chi connectivity index (χ1n) is 3.80. The summed E-state index contributed by atoms with van der Waals surface area (Å²) in [6.45, 7) is 1.56. The lowest BCUT2D eigenvalue weighted by molar-refractivity contribution is -0.104. The van der Waals surface area contributed by atoms with Crippen LogP contribution < -0.4 is 4.90 Å². The smallest absolute Gasteiger partial charge is 0.187 e. The van der Waals surface area contributed by atoms with Crippen molar-refractivity contribution in [3.8, 4) is 0 Å². The molecule has 1 N–H and O–H groups in total. The molecule has 7 heteroatoms. The Hall–Kier alpha value is -0.430. The van der Waals surface area contributed by atoms with Crippen LogP contribution in [0.4, 0.5) is 5.82 Å². The number of ether oxygens (including phenoxy) is 1. The molecule has 1 saturated heterocycles. The van der Waals surface area contributed by atoms with Crippen molar-refractivity contribution in [2.24, 2.45) is 0 Å². The van der Waals surface area contributed by atoms with E-state index in [0.29, 0.717) is 30.7 Å². The Morgan fingerprint density at radius 2 is 2.46 bits per heavy atom. The molecule has 0 amide bonds. The van der Waals surface area contributed by atoms with Gasteiger partial charge < -0.3 is 14.7 Å². The number of nitrogens with zero attached hydrogens (tertiary/aromatic N) is 3. The number of rotatable bonds is 1. The number of β-amino-alcohol motifs (C(OH)–C–C–N with tert-alkyl or cyclic N) is 1. The fourth-order valence-electron chi connectivity index (χ4n) is 1.19. The number of aromatic nitrogens is 2. The van der Waals surface area contributed by atoms with Gasteiger partial charge in [0.25, 0.3) is 0 Å². The zero-order valence-corrected chi connectivity index (χ0v) is 8.25. The molecule has 1 aromatic rings. The molecule has 0 aromatic carbocycles. The molecule has 0 saturated carbocycles. The Morgan fingerprint density at radius 3 is 3.08 bits per heavy atom. The predicted molar refractivity (Wildman–Crippen MR) is 49.1 cm³/mol. The standard InChI is InChI=1S/C6H8ClN3O2S/c7-5-6(9-13-8-5)10-1-2-12-4(11)3-10/h4,11H,1-3H2. The van der Waals surface area contributed by atoms with E-state index in [2.05, 4.69) is 8.75 Å². The van der Waals surface area contributed by atoms with Gasteiger partial charge in [0.15, 0.2) is 17.3 Å². The third-order valence-electron chi connectivity index (χ3n) is 1.78. The van der Waals surface area contributed by atoms with E-state index in [4.69, 9.17) is 16.3 Å². The van der Waals surface area contributed by atoms with Crippen molar-refractivity contribution in [1.82, 2.24) is 8.75 Å². The van der Waals surface area contributed by atoms with Crippen molar-refractivity contribution in [1.29, 1.82) is 0 Å². The van der Waals surface area contributed by atoms with Gasteiger partial charge in [-0.15, -0.1) is 0 Å². The molecule has 72 valence electrons. The van der Waals surface area contributed by atoms with Crippen LogP contribution in [0.2, 0.25) is 5.15 Å². The second-order valence-corrected chi connectivity index (χ2v) is 3.54. The molecule has 0 bridgehead atoms. The Morgan fingerprint density at radius 1 is 1.62 bits per heavy atom. The molecular formula is C6H8ClN3O2S. The van der Waals surface area contributed by atoms with Crippen LogP contribution in [0.1, 0.15) is 0 Å². The van der Waals surface area contributed by atoms with Gasteiger partial charge >= 0.3 is 0 Å². The molecule has 1 aliphatic rings. The summed E-state index contributed by atoms with van der Waals surface area (Å²) < 4.78 is 12.9. The third kappa shape index (κ3) is 1.91. The highest BCUT2D eigenvalue weighted by Gasteiger charge is 2.22. The molecule has 2 heterocycles. The van der Waals surface area contributed by atoms with E-state index in [1.165, 1.54) is 0 Å². The van der Waals surface area contributed by atoms with E-state index >= 15 is 0 Å². The fraction of sp³-hybridized carbons (Fsp3) is 0.667. The van der Waals surface area contributed by atoms with Crippen molar-refractivity contribution >= 4 is 29.1 Å². The molecule has 0 spiro atoms. The van der Waals surface area contributed by atoms with Gasteiger partial charge in [-0.05, 0) is 0 Å². The average Bonchev–Trinajstić information content (AvgIpc) is 2.51. The van der Waals surface area contributed by atoms with Gasteiger partial charge in [0.2, 0.25) is 0 Å². The van der Waals surface area contributed by atoms with Gasteiger partial charge in [0, 0.05) is 6.54 Å². The Balaban J connectivity index is 2.12. The van der Waals surface area contributed by atoms with Crippen LogP contribution in [0.25, 0.3) is 0 Å². The van der Waals surface area contributed by atoms with Gasteiger partial charge in [-0.25, -0.2) is 0 Å². The maximum absolute atomic E-state index is 9.22. The van der Waals surface area contributed by atoms with E-state index in [0.717, 1.165) is 11.7 Å². The zero-order chi connectivity index (χ0) is 9.26. The lowest BCUT2D eigenvalue weighted by Gasteiger charge is -2.29. The van der Waals surface area contributed by atoms with Crippen molar-refractivity contribution < 1.29 is 9.84 Å². The lowest BCUT2D eigenvalue weighted by Crippen LogP contribution is -2.42. The summed E-state index contributed by atoms with van der Waals surface area (Å²) in [4.78, 5) is 1.86. The second kappa shape index (κ2) is 3.75. The van der Waals surface area contributed by atoms with Gasteiger partial charge in [-0.2, -0.15) is 8.75 Å². The third-order valence-corrected chi connectivity index (χ3v) is 2.65. The maximum Gasteiger partial charge on any atom is 0.187 e. The minimum absolute atomic E-state index is 0.388. The van der Waals surface area contributed by atoms with Crippen LogP contribution in [0.15, 0.2) is 0 Å². The molecule has 13 heavy (non-hydrogen) atoms. The summed E-state index contributed by atoms with van der Waals surface area (Å²) in [6.07, 6.45) is -0.758. The lowest BCUT2D eigenvalue weighted by atomic mass is 10.4. The van der Waals surface area contributed by atoms with Crippen LogP contribution in [0.5, 0.6) is 0 Å². The summed E-state index contributed by atoms with van der Waals surface area (Å²) in [5.74, 6) is 0.633. The predicted octanol–water partition coefficient (Wildman–Crippen LogP) is 0.347. The highest BCUT2D eigenvalue weighted by molar-refractivity contribution is 6.99. The Kier molecular flexibility index (Phi) is 2.63. The van der Waals surface area contributed by atoms with E-state index in [1.807, 2.05) is 4.90 Å². The molecule has 1 fully saturated rings. The maximum atomic E-state index is 9.22. The molecule has 1 unspecified atom stereocenters. The summed E-state index contributed by atoms with van der Waals surface area (Å²) in [7, 11) is 0. The van der Waals surface area contributed by atoms with Crippen LogP contribution in [0.3, 0.4) is 0 Å². The summed E-state index contributed by atoms with van der Waals surface area (Å²) in [5.41, 5.74) is 0. The van der Waals surface area contributed by atoms with Gasteiger partial charge in [0.1, 0.15) is 0 Å². The monoisotopic (exact) mass is 221 g/mol.